The lowest BCUT2D eigenvalue weighted by molar-refractivity contribution is -0.146. The molecule has 0 aromatic heterocycles. The predicted molar refractivity (Wildman–Crippen MR) is 75.2 cm³/mol. The SMILES string of the molecule is Cc1ccc(NC(=O)[C@H]2C3C=CC(C3)[C@H]2C(=O)O)cc1. The fourth-order valence-electron chi connectivity index (χ4n) is 3.38. The minimum atomic E-state index is -0.870. The van der Waals surface area contributed by atoms with Gasteiger partial charge in [0.2, 0.25) is 5.91 Å². The second-order valence-corrected chi connectivity index (χ2v) is 5.69. The monoisotopic (exact) mass is 271 g/mol. The number of aryl methyl sites for hydroxylation is 1. The molecular formula is C16H17NO3. The van der Waals surface area contributed by atoms with Crippen molar-refractivity contribution in [2.24, 2.45) is 23.7 Å². The van der Waals surface area contributed by atoms with Crippen molar-refractivity contribution in [3.8, 4) is 0 Å². The van der Waals surface area contributed by atoms with Gasteiger partial charge < -0.3 is 10.4 Å². The first-order valence-corrected chi connectivity index (χ1v) is 6.85. The van der Waals surface area contributed by atoms with E-state index in [1.54, 1.807) is 0 Å². The molecule has 0 radical (unpaired) electrons. The Balaban J connectivity index is 1.78. The van der Waals surface area contributed by atoms with E-state index in [1.807, 2.05) is 43.3 Å². The highest BCUT2D eigenvalue weighted by atomic mass is 16.4. The van der Waals surface area contributed by atoms with Gasteiger partial charge in [-0.05, 0) is 37.3 Å². The zero-order valence-corrected chi connectivity index (χ0v) is 11.2. The molecule has 0 spiro atoms. The molecule has 4 heteroatoms. The quantitative estimate of drug-likeness (QED) is 0.830. The summed E-state index contributed by atoms with van der Waals surface area (Å²) in [6.45, 7) is 1.98. The van der Waals surface area contributed by atoms with Crippen molar-refractivity contribution in [2.45, 2.75) is 13.3 Å². The lowest BCUT2D eigenvalue weighted by Crippen LogP contribution is -2.36. The molecule has 2 bridgehead atoms. The highest BCUT2D eigenvalue weighted by Crippen LogP contribution is 2.48. The third-order valence-corrected chi connectivity index (χ3v) is 4.37. The first-order valence-electron chi connectivity index (χ1n) is 6.85. The van der Waals surface area contributed by atoms with Crippen molar-refractivity contribution >= 4 is 17.6 Å². The molecule has 2 N–H and O–H groups in total. The molecule has 1 aromatic rings. The normalized spacial score (nSPS) is 30.4. The second kappa shape index (κ2) is 4.78. The number of amides is 1. The minimum absolute atomic E-state index is 0.00580. The maximum absolute atomic E-state index is 12.4. The number of carboxylic acid groups (broad SMARTS) is 1. The topological polar surface area (TPSA) is 66.4 Å². The van der Waals surface area contributed by atoms with E-state index >= 15 is 0 Å². The fraction of sp³-hybridized carbons (Fsp3) is 0.375. The van der Waals surface area contributed by atoms with Crippen LogP contribution in [0.3, 0.4) is 0 Å². The highest BCUT2D eigenvalue weighted by molar-refractivity contribution is 5.96. The summed E-state index contributed by atoms with van der Waals surface area (Å²) in [5, 5.41) is 12.2. The summed E-state index contributed by atoms with van der Waals surface area (Å²) >= 11 is 0. The number of carbonyl (C=O) groups excluding carboxylic acids is 1. The molecule has 2 unspecified atom stereocenters. The molecule has 2 aliphatic rings. The second-order valence-electron chi connectivity index (χ2n) is 5.69. The molecule has 0 saturated heterocycles. The van der Waals surface area contributed by atoms with Crippen molar-refractivity contribution in [2.75, 3.05) is 5.32 Å². The summed E-state index contributed by atoms with van der Waals surface area (Å²) in [6.07, 6.45) is 4.71. The zero-order valence-electron chi connectivity index (χ0n) is 11.2. The molecule has 1 amide bonds. The number of nitrogens with one attached hydrogen (secondary N) is 1. The van der Waals surface area contributed by atoms with Gasteiger partial charge in [0.15, 0.2) is 0 Å². The van der Waals surface area contributed by atoms with Crippen molar-refractivity contribution in [3.63, 3.8) is 0 Å². The molecule has 2 aliphatic carbocycles. The number of fused-ring (bicyclic) bond motifs is 2. The molecule has 0 heterocycles. The number of benzene rings is 1. The first kappa shape index (κ1) is 12.9. The van der Waals surface area contributed by atoms with Crippen molar-refractivity contribution in [1.29, 1.82) is 0 Å². The Morgan fingerprint density at radius 2 is 1.70 bits per heavy atom. The number of carboxylic acids is 1. The minimum Gasteiger partial charge on any atom is -0.481 e. The van der Waals surface area contributed by atoms with E-state index in [4.69, 9.17) is 0 Å². The Labute approximate surface area is 117 Å². The fourth-order valence-corrected chi connectivity index (χ4v) is 3.38. The van der Waals surface area contributed by atoms with Gasteiger partial charge in [-0.1, -0.05) is 29.8 Å². The third-order valence-electron chi connectivity index (χ3n) is 4.37. The Morgan fingerprint density at radius 1 is 1.10 bits per heavy atom. The Morgan fingerprint density at radius 3 is 2.30 bits per heavy atom. The van der Waals surface area contributed by atoms with Crippen LogP contribution in [0.15, 0.2) is 36.4 Å². The molecule has 0 aliphatic heterocycles. The summed E-state index contributed by atoms with van der Waals surface area (Å²) in [6, 6.07) is 7.52. The zero-order chi connectivity index (χ0) is 14.3. The number of carbonyl (C=O) groups is 2. The lowest BCUT2D eigenvalue weighted by Gasteiger charge is -2.23. The number of anilines is 1. The predicted octanol–water partition coefficient (Wildman–Crippen LogP) is 2.46. The molecule has 3 rings (SSSR count). The van der Waals surface area contributed by atoms with Gasteiger partial charge in [-0.25, -0.2) is 0 Å². The molecule has 4 nitrogen and oxygen atoms in total. The average Bonchev–Trinajstić information content (AvgIpc) is 3.01. The van der Waals surface area contributed by atoms with Gasteiger partial charge in [-0.2, -0.15) is 0 Å². The maximum Gasteiger partial charge on any atom is 0.307 e. The number of hydrogen-bond donors (Lipinski definition) is 2. The van der Waals surface area contributed by atoms with E-state index in [-0.39, 0.29) is 17.7 Å². The Kier molecular flexibility index (Phi) is 3.08. The van der Waals surface area contributed by atoms with Crippen LogP contribution >= 0.6 is 0 Å². The number of allylic oxidation sites excluding steroid dienone is 2. The van der Waals surface area contributed by atoms with Gasteiger partial charge in [-0.3, -0.25) is 9.59 Å². The van der Waals surface area contributed by atoms with Crippen LogP contribution in [0, 0.1) is 30.6 Å². The molecule has 1 saturated carbocycles. The van der Waals surface area contributed by atoms with Gasteiger partial charge in [0.1, 0.15) is 0 Å². The Hall–Kier alpha value is -2.10. The van der Waals surface area contributed by atoms with Crippen molar-refractivity contribution in [3.05, 3.63) is 42.0 Å². The lowest BCUT2D eigenvalue weighted by atomic mass is 9.82. The van der Waals surface area contributed by atoms with E-state index < -0.39 is 17.8 Å². The van der Waals surface area contributed by atoms with E-state index in [0.29, 0.717) is 0 Å². The summed E-state index contributed by atoms with van der Waals surface area (Å²) in [5.74, 6) is -2.03. The Bertz CT molecular complexity index is 576. The van der Waals surface area contributed by atoms with Crippen LogP contribution < -0.4 is 5.32 Å². The highest BCUT2D eigenvalue weighted by Gasteiger charge is 2.51. The van der Waals surface area contributed by atoms with E-state index in [9.17, 15) is 14.7 Å². The number of rotatable bonds is 3. The molecule has 104 valence electrons. The maximum atomic E-state index is 12.4. The van der Waals surface area contributed by atoms with Crippen LogP contribution in [0.2, 0.25) is 0 Å². The van der Waals surface area contributed by atoms with Crippen LogP contribution in [0.1, 0.15) is 12.0 Å². The largest absolute Gasteiger partial charge is 0.481 e. The van der Waals surface area contributed by atoms with E-state index in [1.165, 1.54) is 0 Å². The summed E-state index contributed by atoms with van der Waals surface area (Å²) in [7, 11) is 0. The van der Waals surface area contributed by atoms with Crippen molar-refractivity contribution < 1.29 is 14.7 Å². The van der Waals surface area contributed by atoms with Crippen LogP contribution in [0.5, 0.6) is 0 Å². The summed E-state index contributed by atoms with van der Waals surface area (Å²) in [5.41, 5.74) is 1.84. The van der Waals surface area contributed by atoms with Gasteiger partial charge in [0.25, 0.3) is 0 Å². The smallest absolute Gasteiger partial charge is 0.307 e. The van der Waals surface area contributed by atoms with Crippen LogP contribution in [-0.2, 0) is 9.59 Å². The first-order chi connectivity index (χ1) is 9.56. The molecule has 20 heavy (non-hydrogen) atoms. The molecule has 1 fully saturated rings. The van der Waals surface area contributed by atoms with Gasteiger partial charge in [0.05, 0.1) is 11.8 Å². The number of hydrogen-bond acceptors (Lipinski definition) is 2. The van der Waals surface area contributed by atoms with E-state index in [0.717, 1.165) is 17.7 Å². The van der Waals surface area contributed by atoms with Gasteiger partial charge >= 0.3 is 5.97 Å². The van der Waals surface area contributed by atoms with E-state index in [2.05, 4.69) is 5.32 Å². The van der Waals surface area contributed by atoms with Crippen LogP contribution in [0.25, 0.3) is 0 Å². The standard InChI is InChI=1S/C16H17NO3/c1-9-2-6-12(7-3-9)17-15(18)13-10-4-5-11(8-10)14(13)16(19)20/h2-7,10-11,13-14H,8H2,1H3,(H,17,18)(H,19,20)/t10?,11?,13-,14+/m0/s1. The molecule has 1 aromatic carbocycles. The summed E-state index contributed by atoms with van der Waals surface area (Å²) in [4.78, 5) is 23.8. The number of aliphatic carboxylic acids is 1. The van der Waals surface area contributed by atoms with Crippen LogP contribution in [0.4, 0.5) is 5.69 Å². The third kappa shape index (κ3) is 2.11. The van der Waals surface area contributed by atoms with Gasteiger partial charge in [0, 0.05) is 5.69 Å². The van der Waals surface area contributed by atoms with Crippen LogP contribution in [-0.4, -0.2) is 17.0 Å². The average molecular weight is 271 g/mol. The molecule has 4 atom stereocenters. The summed E-state index contributed by atoms with van der Waals surface area (Å²) < 4.78 is 0. The molecular weight excluding hydrogens is 254 g/mol. The van der Waals surface area contributed by atoms with Crippen molar-refractivity contribution in [1.82, 2.24) is 0 Å². The van der Waals surface area contributed by atoms with Gasteiger partial charge in [-0.15, -0.1) is 0 Å².